The van der Waals surface area contributed by atoms with Crippen LogP contribution in [0.4, 0.5) is 11.9 Å². The first-order chi connectivity index (χ1) is 13.7. The molecule has 1 aliphatic rings. The van der Waals surface area contributed by atoms with E-state index in [0.717, 1.165) is 50.7 Å². The smallest absolute Gasteiger partial charge is 0.241 e. The van der Waals surface area contributed by atoms with Crippen molar-refractivity contribution in [2.24, 2.45) is 7.05 Å². The van der Waals surface area contributed by atoms with Crippen molar-refractivity contribution >= 4 is 11.9 Å². The van der Waals surface area contributed by atoms with Crippen molar-refractivity contribution < 1.29 is 4.74 Å². The first kappa shape index (κ1) is 20.5. The van der Waals surface area contributed by atoms with E-state index >= 15 is 0 Å². The number of benzene rings is 1. The maximum Gasteiger partial charge on any atom is 0.241 e. The molecule has 7 nitrogen and oxygen atoms in total. The maximum absolute atomic E-state index is 5.96. The zero-order chi connectivity index (χ0) is 19.6. The lowest BCUT2D eigenvalue weighted by Crippen LogP contribution is -2.29. The highest BCUT2D eigenvalue weighted by Crippen LogP contribution is 2.18. The number of anilines is 2. The Labute approximate surface area is 168 Å². The Morgan fingerprint density at radius 3 is 2.71 bits per heavy atom. The van der Waals surface area contributed by atoms with Crippen LogP contribution in [0.25, 0.3) is 0 Å². The summed E-state index contributed by atoms with van der Waals surface area (Å²) in [5.41, 5.74) is 6.93. The zero-order valence-corrected chi connectivity index (χ0v) is 17.1. The van der Waals surface area contributed by atoms with E-state index in [0.29, 0.717) is 5.95 Å². The minimum absolute atomic E-state index is 0.308. The van der Waals surface area contributed by atoms with E-state index < -0.39 is 0 Å². The molecule has 1 aromatic carbocycles. The van der Waals surface area contributed by atoms with Crippen LogP contribution in [0, 0.1) is 0 Å². The van der Waals surface area contributed by atoms with Crippen LogP contribution in [0.5, 0.6) is 5.75 Å². The Kier molecular flexibility index (Phi) is 7.96. The normalized spacial score (nSPS) is 14.9. The van der Waals surface area contributed by atoms with Gasteiger partial charge in [0.2, 0.25) is 11.9 Å². The number of nitrogens with one attached hydrogen (secondary N) is 1. The number of hydrogen-bond donors (Lipinski definition) is 2. The van der Waals surface area contributed by atoms with E-state index in [1.807, 2.05) is 7.05 Å². The lowest BCUT2D eigenvalue weighted by atomic mass is 10.1. The molecule has 3 rings (SSSR count). The summed E-state index contributed by atoms with van der Waals surface area (Å²) >= 11 is 0. The number of piperidine rings is 1. The summed E-state index contributed by atoms with van der Waals surface area (Å²) in [4.78, 5) is 6.68. The molecule has 0 bridgehead atoms. The van der Waals surface area contributed by atoms with Gasteiger partial charge in [-0.25, -0.2) is 4.68 Å². The first-order valence-corrected chi connectivity index (χ1v) is 10.6. The molecular weight excluding hydrogens is 352 g/mol. The van der Waals surface area contributed by atoms with Gasteiger partial charge in [-0.15, -0.1) is 5.10 Å². The van der Waals surface area contributed by atoms with Crippen LogP contribution in [-0.2, 0) is 13.6 Å². The molecule has 0 unspecified atom stereocenters. The summed E-state index contributed by atoms with van der Waals surface area (Å²) < 4.78 is 7.63. The molecule has 0 amide bonds. The van der Waals surface area contributed by atoms with Gasteiger partial charge in [0.25, 0.3) is 0 Å². The fourth-order valence-corrected chi connectivity index (χ4v) is 3.64. The minimum atomic E-state index is 0.308. The number of aromatic nitrogens is 3. The van der Waals surface area contributed by atoms with Gasteiger partial charge in [0.15, 0.2) is 0 Å². The minimum Gasteiger partial charge on any atom is -0.494 e. The number of nitrogens with zero attached hydrogens (tertiary/aromatic N) is 4. The molecule has 3 N–H and O–H groups in total. The number of unbranched alkanes of at least 4 members (excludes halogenated alkanes) is 3. The van der Waals surface area contributed by atoms with Crippen LogP contribution in [0.1, 0.15) is 50.5 Å². The lowest BCUT2D eigenvalue weighted by molar-refractivity contribution is 0.220. The number of nitrogen functional groups attached to an aromatic ring is 1. The fraction of sp³-hybridized carbons (Fsp3) is 0.619. The topological polar surface area (TPSA) is 81.2 Å². The molecule has 2 heterocycles. The molecular formula is C21H34N6O. The molecule has 1 saturated heterocycles. The first-order valence-electron chi connectivity index (χ1n) is 10.6. The third-order valence-corrected chi connectivity index (χ3v) is 5.16. The molecule has 0 radical (unpaired) electrons. The summed E-state index contributed by atoms with van der Waals surface area (Å²) in [5.74, 6) is 2.03. The number of rotatable bonds is 11. The van der Waals surface area contributed by atoms with Crippen molar-refractivity contribution in [1.82, 2.24) is 19.7 Å². The molecule has 1 fully saturated rings. The van der Waals surface area contributed by atoms with E-state index in [2.05, 4.69) is 44.6 Å². The predicted molar refractivity (Wildman–Crippen MR) is 113 cm³/mol. The van der Waals surface area contributed by atoms with Crippen molar-refractivity contribution in [2.45, 2.75) is 51.5 Å². The largest absolute Gasteiger partial charge is 0.494 e. The second kappa shape index (κ2) is 10.9. The molecule has 28 heavy (non-hydrogen) atoms. The molecule has 0 aliphatic carbocycles. The monoisotopic (exact) mass is 386 g/mol. The number of ether oxygens (including phenoxy) is 1. The average Bonchev–Trinajstić information content (AvgIpc) is 3.02. The van der Waals surface area contributed by atoms with Crippen molar-refractivity contribution in [3.63, 3.8) is 0 Å². The van der Waals surface area contributed by atoms with Crippen LogP contribution < -0.4 is 15.8 Å². The van der Waals surface area contributed by atoms with E-state index in [1.54, 1.807) is 4.68 Å². The van der Waals surface area contributed by atoms with Crippen LogP contribution >= 0.6 is 0 Å². The fourth-order valence-electron chi connectivity index (χ4n) is 3.64. The van der Waals surface area contributed by atoms with E-state index in [-0.39, 0.29) is 0 Å². The van der Waals surface area contributed by atoms with Gasteiger partial charge in [-0.2, -0.15) is 4.98 Å². The van der Waals surface area contributed by atoms with Gasteiger partial charge in [0, 0.05) is 20.1 Å². The molecule has 0 atom stereocenters. The summed E-state index contributed by atoms with van der Waals surface area (Å²) in [6, 6.07) is 8.58. The number of likely N-dealkylation sites (tertiary alicyclic amines) is 1. The Bertz CT molecular complexity index is 711. The number of hydrogen-bond acceptors (Lipinski definition) is 6. The van der Waals surface area contributed by atoms with Crippen molar-refractivity contribution in [1.29, 1.82) is 0 Å². The van der Waals surface area contributed by atoms with Gasteiger partial charge in [0.1, 0.15) is 5.75 Å². The van der Waals surface area contributed by atoms with Crippen LogP contribution in [0.3, 0.4) is 0 Å². The van der Waals surface area contributed by atoms with Gasteiger partial charge in [-0.05, 0) is 56.5 Å². The number of nitrogens with two attached hydrogens (primary N) is 1. The highest BCUT2D eigenvalue weighted by molar-refractivity contribution is 5.31. The van der Waals surface area contributed by atoms with E-state index in [4.69, 9.17) is 10.5 Å². The quantitative estimate of drug-likeness (QED) is 0.576. The van der Waals surface area contributed by atoms with Gasteiger partial charge in [-0.1, -0.05) is 31.4 Å². The Hall–Kier alpha value is -2.28. The van der Waals surface area contributed by atoms with Crippen molar-refractivity contribution in [2.75, 3.05) is 37.3 Å². The number of aryl methyl sites for hydroxylation is 1. The molecule has 7 heteroatoms. The molecule has 0 saturated carbocycles. The zero-order valence-electron chi connectivity index (χ0n) is 17.1. The molecule has 1 aliphatic heterocycles. The average molecular weight is 387 g/mol. The van der Waals surface area contributed by atoms with Gasteiger partial charge >= 0.3 is 0 Å². The lowest BCUT2D eigenvalue weighted by Gasteiger charge is -2.26. The second-order valence-electron chi connectivity index (χ2n) is 7.59. The molecule has 1 aromatic heterocycles. The summed E-state index contributed by atoms with van der Waals surface area (Å²) in [5, 5.41) is 7.28. The van der Waals surface area contributed by atoms with Gasteiger partial charge < -0.3 is 15.8 Å². The van der Waals surface area contributed by atoms with Crippen LogP contribution in [-0.4, -0.2) is 45.9 Å². The van der Waals surface area contributed by atoms with Gasteiger partial charge in [-0.3, -0.25) is 4.90 Å². The van der Waals surface area contributed by atoms with Crippen molar-refractivity contribution in [3.8, 4) is 5.75 Å². The summed E-state index contributed by atoms with van der Waals surface area (Å²) in [7, 11) is 1.84. The SMILES string of the molecule is Cn1nc(N)nc1NCCCCCCOc1cccc(CN2CCCCC2)c1. The Morgan fingerprint density at radius 1 is 1.11 bits per heavy atom. The molecule has 2 aromatic rings. The highest BCUT2D eigenvalue weighted by atomic mass is 16.5. The molecule has 154 valence electrons. The maximum atomic E-state index is 5.96. The third-order valence-electron chi connectivity index (χ3n) is 5.16. The van der Waals surface area contributed by atoms with Gasteiger partial charge in [0.05, 0.1) is 6.61 Å². The third kappa shape index (κ3) is 6.71. The predicted octanol–water partition coefficient (Wildman–Crippen LogP) is 3.43. The standard InChI is InChI=1S/C21H34N6O/c1-26-21(24-20(22)25-26)23-12-5-2-3-8-15-28-19-11-9-10-18(16-19)17-27-13-6-4-7-14-27/h9-11,16H,2-8,12-15,17H2,1H3,(H3,22,23,24,25). The van der Waals surface area contributed by atoms with E-state index in [1.165, 1.54) is 44.3 Å². The molecule has 0 spiro atoms. The Morgan fingerprint density at radius 2 is 1.93 bits per heavy atom. The van der Waals surface area contributed by atoms with Crippen LogP contribution in [0.15, 0.2) is 24.3 Å². The van der Waals surface area contributed by atoms with Crippen LogP contribution in [0.2, 0.25) is 0 Å². The van der Waals surface area contributed by atoms with Crippen molar-refractivity contribution in [3.05, 3.63) is 29.8 Å². The summed E-state index contributed by atoms with van der Waals surface area (Å²) in [6.07, 6.45) is 8.54. The second-order valence-corrected chi connectivity index (χ2v) is 7.59. The van der Waals surface area contributed by atoms with E-state index in [9.17, 15) is 0 Å². The highest BCUT2D eigenvalue weighted by Gasteiger charge is 2.10. The Balaban J connectivity index is 1.26. The summed E-state index contributed by atoms with van der Waals surface area (Å²) in [6.45, 7) is 5.15.